The van der Waals surface area contributed by atoms with Crippen molar-refractivity contribution in [2.24, 2.45) is 7.05 Å². The van der Waals surface area contributed by atoms with Crippen molar-refractivity contribution < 1.29 is 4.79 Å². The molecule has 0 atom stereocenters. The predicted octanol–water partition coefficient (Wildman–Crippen LogP) is 1.65. The number of Topliss-reactive ketones (excluding diaryl/α,β-unsaturated/α-hetero) is 1. The molecule has 0 bridgehead atoms. The van der Waals surface area contributed by atoms with E-state index in [-0.39, 0.29) is 5.78 Å². The molecular formula is C8H14N2O. The molecule has 0 unspecified atom stereocenters. The van der Waals surface area contributed by atoms with Gasteiger partial charge in [-0.25, -0.2) is 4.98 Å². The van der Waals surface area contributed by atoms with Gasteiger partial charge in [-0.05, 0) is 0 Å². The van der Waals surface area contributed by atoms with E-state index in [2.05, 4.69) is 4.98 Å². The lowest BCUT2D eigenvalue weighted by Gasteiger charge is -1.92. The maximum Gasteiger partial charge on any atom is 0.195 e. The molecule has 0 spiro atoms. The van der Waals surface area contributed by atoms with E-state index in [9.17, 15) is 4.79 Å². The number of carbonyl (C=O) groups is 1. The van der Waals surface area contributed by atoms with Crippen LogP contribution in [0.2, 0.25) is 0 Å². The van der Waals surface area contributed by atoms with Crippen LogP contribution in [0, 0.1) is 0 Å². The summed E-state index contributed by atoms with van der Waals surface area (Å²) in [6, 6.07) is 0. The number of carbonyl (C=O) groups excluding carboxylic acids is 1. The lowest BCUT2D eigenvalue weighted by molar-refractivity contribution is 0.100. The lowest BCUT2D eigenvalue weighted by atomic mass is 10.4. The van der Waals surface area contributed by atoms with Gasteiger partial charge in [-0.3, -0.25) is 4.79 Å². The maximum absolute atomic E-state index is 10.6. The Bertz CT molecular complexity index is 228. The Morgan fingerprint density at radius 2 is 2.09 bits per heavy atom. The summed E-state index contributed by atoms with van der Waals surface area (Å²) >= 11 is 0. The van der Waals surface area contributed by atoms with Gasteiger partial charge in [0.15, 0.2) is 11.6 Å². The molecule has 62 valence electrons. The van der Waals surface area contributed by atoms with Crippen molar-refractivity contribution in [3.8, 4) is 0 Å². The molecule has 11 heavy (non-hydrogen) atoms. The van der Waals surface area contributed by atoms with Crippen molar-refractivity contribution in [2.45, 2.75) is 20.8 Å². The fraction of sp³-hybridized carbons (Fsp3) is 0.500. The first-order valence-corrected chi connectivity index (χ1v) is 3.70. The van der Waals surface area contributed by atoms with Gasteiger partial charge in [0, 0.05) is 26.4 Å². The first-order valence-electron chi connectivity index (χ1n) is 3.70. The highest BCUT2D eigenvalue weighted by Gasteiger charge is 2.01. The van der Waals surface area contributed by atoms with E-state index in [1.165, 1.54) is 6.92 Å². The molecule has 0 saturated carbocycles. The molecule has 0 radical (unpaired) electrons. The highest BCUT2D eigenvalue weighted by Crippen LogP contribution is 1.93. The quantitative estimate of drug-likeness (QED) is 0.576. The van der Waals surface area contributed by atoms with Gasteiger partial charge in [0.05, 0.1) is 0 Å². The third-order valence-corrected chi connectivity index (χ3v) is 1.14. The number of aromatic nitrogens is 2. The second kappa shape index (κ2) is 4.66. The van der Waals surface area contributed by atoms with Crippen LogP contribution in [0.3, 0.4) is 0 Å². The normalized spacial score (nSPS) is 8.36. The lowest BCUT2D eigenvalue weighted by Crippen LogP contribution is -2.01. The van der Waals surface area contributed by atoms with Gasteiger partial charge in [-0.1, -0.05) is 13.8 Å². The summed E-state index contributed by atoms with van der Waals surface area (Å²) in [5.41, 5.74) is 0. The van der Waals surface area contributed by atoms with Gasteiger partial charge < -0.3 is 4.57 Å². The zero-order valence-electron chi connectivity index (χ0n) is 7.46. The van der Waals surface area contributed by atoms with Crippen LogP contribution >= 0.6 is 0 Å². The van der Waals surface area contributed by atoms with E-state index in [0.717, 1.165) is 0 Å². The summed E-state index contributed by atoms with van der Waals surface area (Å²) in [4.78, 5) is 14.5. The fourth-order valence-corrected chi connectivity index (χ4v) is 0.705. The molecule has 1 rings (SSSR count). The van der Waals surface area contributed by atoms with Crippen molar-refractivity contribution >= 4 is 5.78 Å². The monoisotopic (exact) mass is 154 g/mol. The number of hydrogen-bond donors (Lipinski definition) is 0. The summed E-state index contributed by atoms with van der Waals surface area (Å²) in [5.74, 6) is 0.512. The highest BCUT2D eigenvalue weighted by atomic mass is 16.1. The summed E-state index contributed by atoms with van der Waals surface area (Å²) in [6.07, 6.45) is 3.35. The van der Waals surface area contributed by atoms with Crippen molar-refractivity contribution in [3.63, 3.8) is 0 Å². The van der Waals surface area contributed by atoms with Gasteiger partial charge in [0.25, 0.3) is 0 Å². The molecule has 0 amide bonds. The van der Waals surface area contributed by atoms with Crippen LogP contribution in [0.15, 0.2) is 12.4 Å². The minimum absolute atomic E-state index is 0.00231. The SMILES string of the molecule is CC.CC(=O)c1nccn1C. The Balaban J connectivity index is 0.000000461. The molecule has 1 aromatic rings. The average Bonchev–Trinajstić information content (AvgIpc) is 2.39. The molecule has 0 aliphatic carbocycles. The number of imidazole rings is 1. The van der Waals surface area contributed by atoms with E-state index in [1.54, 1.807) is 24.0 Å². The predicted molar refractivity (Wildman–Crippen MR) is 44.6 cm³/mol. The van der Waals surface area contributed by atoms with E-state index in [4.69, 9.17) is 0 Å². The number of ketones is 1. The topological polar surface area (TPSA) is 34.9 Å². The fourth-order valence-electron chi connectivity index (χ4n) is 0.705. The van der Waals surface area contributed by atoms with E-state index in [0.29, 0.717) is 5.82 Å². The summed E-state index contributed by atoms with van der Waals surface area (Å²) < 4.78 is 1.70. The Hall–Kier alpha value is -1.12. The minimum Gasteiger partial charge on any atom is -0.332 e. The molecule has 0 aliphatic rings. The summed E-state index contributed by atoms with van der Waals surface area (Å²) in [7, 11) is 1.80. The number of rotatable bonds is 1. The van der Waals surface area contributed by atoms with Crippen LogP contribution in [0.1, 0.15) is 31.4 Å². The molecule has 1 heterocycles. The van der Waals surface area contributed by atoms with E-state index >= 15 is 0 Å². The molecule has 0 fully saturated rings. The van der Waals surface area contributed by atoms with Gasteiger partial charge in [-0.2, -0.15) is 0 Å². The molecule has 0 aliphatic heterocycles. The van der Waals surface area contributed by atoms with Crippen LogP contribution in [-0.4, -0.2) is 15.3 Å². The number of hydrogen-bond acceptors (Lipinski definition) is 2. The van der Waals surface area contributed by atoms with E-state index < -0.39 is 0 Å². The van der Waals surface area contributed by atoms with Crippen molar-refractivity contribution in [1.82, 2.24) is 9.55 Å². The van der Waals surface area contributed by atoms with Crippen LogP contribution in [-0.2, 0) is 7.05 Å². The summed E-state index contributed by atoms with van der Waals surface area (Å²) in [5, 5.41) is 0. The first-order chi connectivity index (χ1) is 5.22. The Labute approximate surface area is 67.1 Å². The molecule has 0 saturated heterocycles. The smallest absolute Gasteiger partial charge is 0.195 e. The zero-order chi connectivity index (χ0) is 8.85. The van der Waals surface area contributed by atoms with Gasteiger partial charge >= 0.3 is 0 Å². The van der Waals surface area contributed by atoms with Crippen molar-refractivity contribution in [2.75, 3.05) is 0 Å². The van der Waals surface area contributed by atoms with Crippen molar-refractivity contribution in [3.05, 3.63) is 18.2 Å². The Kier molecular flexibility index (Phi) is 4.18. The molecular weight excluding hydrogens is 140 g/mol. The van der Waals surface area contributed by atoms with E-state index in [1.807, 2.05) is 13.8 Å². The second-order valence-electron chi connectivity index (χ2n) is 1.92. The van der Waals surface area contributed by atoms with Crippen LogP contribution in [0.5, 0.6) is 0 Å². The number of nitrogens with zero attached hydrogens (tertiary/aromatic N) is 2. The van der Waals surface area contributed by atoms with Crippen molar-refractivity contribution in [1.29, 1.82) is 0 Å². The first kappa shape index (κ1) is 9.88. The molecule has 0 N–H and O–H groups in total. The van der Waals surface area contributed by atoms with Gasteiger partial charge in [0.1, 0.15) is 0 Å². The average molecular weight is 154 g/mol. The van der Waals surface area contributed by atoms with Gasteiger partial charge in [0.2, 0.25) is 0 Å². The third kappa shape index (κ3) is 2.53. The number of aryl methyl sites for hydroxylation is 1. The Morgan fingerprint density at radius 1 is 1.55 bits per heavy atom. The van der Waals surface area contributed by atoms with Crippen LogP contribution < -0.4 is 0 Å². The highest BCUT2D eigenvalue weighted by molar-refractivity contribution is 5.90. The molecule has 1 aromatic heterocycles. The van der Waals surface area contributed by atoms with Gasteiger partial charge in [-0.15, -0.1) is 0 Å². The van der Waals surface area contributed by atoms with Crippen LogP contribution in [0.4, 0.5) is 0 Å². The summed E-state index contributed by atoms with van der Waals surface area (Å²) in [6.45, 7) is 5.50. The minimum atomic E-state index is 0.00231. The standard InChI is InChI=1S/C6H8N2O.C2H6/c1-5(9)6-7-3-4-8(6)2;1-2/h3-4H,1-2H3;1-2H3. The molecule has 3 heteroatoms. The largest absolute Gasteiger partial charge is 0.332 e. The maximum atomic E-state index is 10.6. The zero-order valence-corrected chi connectivity index (χ0v) is 7.46. The Morgan fingerprint density at radius 3 is 2.27 bits per heavy atom. The molecule has 0 aromatic carbocycles. The molecule has 3 nitrogen and oxygen atoms in total. The second-order valence-corrected chi connectivity index (χ2v) is 1.92. The third-order valence-electron chi connectivity index (χ3n) is 1.14. The van der Waals surface area contributed by atoms with Crippen LogP contribution in [0.25, 0.3) is 0 Å².